The molecule has 0 bridgehead atoms. The summed E-state index contributed by atoms with van der Waals surface area (Å²) in [6.45, 7) is 4.86. The zero-order chi connectivity index (χ0) is 13.4. The third-order valence-corrected chi connectivity index (χ3v) is 2.75. The SMILES string of the molecule is CCC(O)CN(CC)C(=O)OCc1ccccc1. The summed E-state index contributed by atoms with van der Waals surface area (Å²) in [7, 11) is 0. The molecule has 1 aromatic carbocycles. The van der Waals surface area contributed by atoms with Crippen molar-refractivity contribution in [2.45, 2.75) is 33.0 Å². The first-order valence-corrected chi connectivity index (χ1v) is 6.31. The maximum atomic E-state index is 11.8. The molecule has 0 saturated carbocycles. The topological polar surface area (TPSA) is 49.8 Å². The molecule has 100 valence electrons. The Kier molecular flexibility index (Phi) is 6.22. The quantitative estimate of drug-likeness (QED) is 0.844. The van der Waals surface area contributed by atoms with Crippen LogP contribution in [0.5, 0.6) is 0 Å². The van der Waals surface area contributed by atoms with Crippen molar-refractivity contribution in [3.8, 4) is 0 Å². The Morgan fingerprint density at radius 3 is 2.56 bits per heavy atom. The van der Waals surface area contributed by atoms with Crippen LogP contribution in [0.1, 0.15) is 25.8 Å². The zero-order valence-corrected chi connectivity index (χ0v) is 11.0. The molecule has 0 saturated heterocycles. The van der Waals surface area contributed by atoms with Crippen LogP contribution in [-0.2, 0) is 11.3 Å². The summed E-state index contributed by atoms with van der Waals surface area (Å²) < 4.78 is 5.20. The first-order chi connectivity index (χ1) is 8.67. The number of likely N-dealkylation sites (N-methyl/N-ethyl adjacent to an activating group) is 1. The number of aliphatic hydroxyl groups excluding tert-OH is 1. The van der Waals surface area contributed by atoms with Gasteiger partial charge >= 0.3 is 6.09 Å². The Morgan fingerprint density at radius 2 is 2.00 bits per heavy atom. The van der Waals surface area contributed by atoms with Gasteiger partial charge in [0.1, 0.15) is 6.61 Å². The minimum atomic E-state index is -0.491. The first-order valence-electron chi connectivity index (χ1n) is 6.31. The number of benzene rings is 1. The minimum absolute atomic E-state index is 0.262. The maximum Gasteiger partial charge on any atom is 0.410 e. The number of nitrogens with zero attached hydrogens (tertiary/aromatic N) is 1. The van der Waals surface area contributed by atoms with Gasteiger partial charge < -0.3 is 14.7 Å². The highest BCUT2D eigenvalue weighted by atomic mass is 16.6. The van der Waals surface area contributed by atoms with Gasteiger partial charge in [-0.25, -0.2) is 4.79 Å². The fourth-order valence-corrected chi connectivity index (χ4v) is 1.53. The van der Waals surface area contributed by atoms with Gasteiger partial charge in [-0.3, -0.25) is 0 Å². The lowest BCUT2D eigenvalue weighted by atomic mass is 10.2. The van der Waals surface area contributed by atoms with Gasteiger partial charge in [-0.2, -0.15) is 0 Å². The molecular formula is C14H21NO3. The number of hydrogen-bond acceptors (Lipinski definition) is 3. The van der Waals surface area contributed by atoms with Crippen molar-refractivity contribution >= 4 is 6.09 Å². The summed E-state index contributed by atoms with van der Waals surface area (Å²) in [6, 6.07) is 9.54. The Bertz CT molecular complexity index is 353. The van der Waals surface area contributed by atoms with Gasteiger partial charge in [0.05, 0.1) is 6.10 Å². The molecule has 1 rings (SSSR count). The van der Waals surface area contributed by atoms with E-state index in [9.17, 15) is 9.90 Å². The Hall–Kier alpha value is -1.55. The fourth-order valence-electron chi connectivity index (χ4n) is 1.53. The van der Waals surface area contributed by atoms with E-state index in [0.717, 1.165) is 5.56 Å². The molecule has 0 radical (unpaired) electrons. The fraction of sp³-hybridized carbons (Fsp3) is 0.500. The van der Waals surface area contributed by atoms with Crippen LogP contribution in [0.3, 0.4) is 0 Å². The lowest BCUT2D eigenvalue weighted by Gasteiger charge is -2.22. The molecule has 0 heterocycles. The number of amides is 1. The number of hydrogen-bond donors (Lipinski definition) is 1. The van der Waals surface area contributed by atoms with Gasteiger partial charge in [-0.15, -0.1) is 0 Å². The summed E-state index contributed by atoms with van der Waals surface area (Å²) in [5, 5.41) is 9.54. The normalized spacial score (nSPS) is 11.9. The average molecular weight is 251 g/mol. The summed E-state index contributed by atoms with van der Waals surface area (Å²) >= 11 is 0. The molecule has 1 aromatic rings. The monoisotopic (exact) mass is 251 g/mol. The molecule has 0 fully saturated rings. The highest BCUT2D eigenvalue weighted by Gasteiger charge is 2.16. The molecular weight excluding hydrogens is 230 g/mol. The van der Waals surface area contributed by atoms with E-state index in [-0.39, 0.29) is 12.7 Å². The number of ether oxygens (including phenoxy) is 1. The molecule has 1 amide bonds. The van der Waals surface area contributed by atoms with Crippen LogP contribution in [-0.4, -0.2) is 35.3 Å². The number of rotatable bonds is 6. The molecule has 4 heteroatoms. The van der Waals surface area contributed by atoms with E-state index in [1.54, 1.807) is 0 Å². The predicted molar refractivity (Wildman–Crippen MR) is 70.2 cm³/mol. The molecule has 0 aromatic heterocycles. The lowest BCUT2D eigenvalue weighted by Crippen LogP contribution is -2.37. The molecule has 1 N–H and O–H groups in total. The first kappa shape index (κ1) is 14.5. The van der Waals surface area contributed by atoms with Crippen molar-refractivity contribution in [2.75, 3.05) is 13.1 Å². The van der Waals surface area contributed by atoms with Crippen molar-refractivity contribution in [3.63, 3.8) is 0 Å². The van der Waals surface area contributed by atoms with Gasteiger partial charge in [-0.1, -0.05) is 37.3 Å². The molecule has 1 unspecified atom stereocenters. The van der Waals surface area contributed by atoms with Gasteiger partial charge in [0.25, 0.3) is 0 Å². The summed E-state index contributed by atoms with van der Waals surface area (Å²) in [4.78, 5) is 13.3. The van der Waals surface area contributed by atoms with Crippen molar-refractivity contribution < 1.29 is 14.6 Å². The summed E-state index contributed by atoms with van der Waals surface area (Å²) in [5.74, 6) is 0. The molecule has 0 spiro atoms. The van der Waals surface area contributed by atoms with Crippen LogP contribution in [0.4, 0.5) is 4.79 Å². The molecule has 0 aliphatic rings. The Morgan fingerprint density at radius 1 is 1.33 bits per heavy atom. The van der Waals surface area contributed by atoms with Crippen LogP contribution in [0.25, 0.3) is 0 Å². The Balaban J connectivity index is 2.43. The van der Waals surface area contributed by atoms with E-state index in [1.165, 1.54) is 4.90 Å². The van der Waals surface area contributed by atoms with Gasteiger partial charge in [0.15, 0.2) is 0 Å². The van der Waals surface area contributed by atoms with E-state index in [2.05, 4.69) is 0 Å². The second kappa shape index (κ2) is 7.71. The van der Waals surface area contributed by atoms with Crippen LogP contribution in [0, 0.1) is 0 Å². The summed E-state index contributed by atoms with van der Waals surface area (Å²) in [5.41, 5.74) is 0.956. The minimum Gasteiger partial charge on any atom is -0.445 e. The molecule has 0 aliphatic carbocycles. The van der Waals surface area contributed by atoms with E-state index >= 15 is 0 Å². The maximum absolute atomic E-state index is 11.8. The molecule has 18 heavy (non-hydrogen) atoms. The highest BCUT2D eigenvalue weighted by Crippen LogP contribution is 2.04. The van der Waals surface area contributed by atoms with E-state index in [4.69, 9.17) is 4.74 Å². The van der Waals surface area contributed by atoms with Crippen LogP contribution in [0.15, 0.2) is 30.3 Å². The second-order valence-electron chi connectivity index (χ2n) is 4.14. The predicted octanol–water partition coefficient (Wildman–Crippen LogP) is 2.42. The van der Waals surface area contributed by atoms with E-state index in [0.29, 0.717) is 19.5 Å². The molecule has 4 nitrogen and oxygen atoms in total. The third-order valence-electron chi connectivity index (χ3n) is 2.75. The van der Waals surface area contributed by atoms with Crippen LogP contribution >= 0.6 is 0 Å². The number of aliphatic hydroxyl groups is 1. The zero-order valence-electron chi connectivity index (χ0n) is 11.0. The number of carbonyl (C=O) groups is 1. The van der Waals surface area contributed by atoms with Crippen LogP contribution < -0.4 is 0 Å². The van der Waals surface area contributed by atoms with Crippen molar-refractivity contribution in [3.05, 3.63) is 35.9 Å². The third kappa shape index (κ3) is 4.75. The standard InChI is InChI=1S/C14H21NO3/c1-3-13(16)10-15(4-2)14(17)18-11-12-8-6-5-7-9-12/h5-9,13,16H,3-4,10-11H2,1-2H3. The molecule has 0 aliphatic heterocycles. The van der Waals surface area contributed by atoms with E-state index < -0.39 is 6.10 Å². The summed E-state index contributed by atoms with van der Waals surface area (Å²) in [6.07, 6.45) is -0.245. The van der Waals surface area contributed by atoms with Crippen molar-refractivity contribution in [1.82, 2.24) is 4.90 Å². The molecule has 1 atom stereocenters. The average Bonchev–Trinajstić information content (AvgIpc) is 2.42. The highest BCUT2D eigenvalue weighted by molar-refractivity contribution is 5.67. The Labute approximate surface area is 108 Å². The van der Waals surface area contributed by atoms with Crippen molar-refractivity contribution in [2.24, 2.45) is 0 Å². The number of carbonyl (C=O) groups excluding carboxylic acids is 1. The van der Waals surface area contributed by atoms with E-state index in [1.807, 2.05) is 44.2 Å². The van der Waals surface area contributed by atoms with Crippen LogP contribution in [0.2, 0.25) is 0 Å². The lowest BCUT2D eigenvalue weighted by molar-refractivity contribution is 0.0698. The van der Waals surface area contributed by atoms with Gasteiger partial charge in [0.2, 0.25) is 0 Å². The van der Waals surface area contributed by atoms with Gasteiger partial charge in [0, 0.05) is 13.1 Å². The van der Waals surface area contributed by atoms with Crippen molar-refractivity contribution in [1.29, 1.82) is 0 Å². The smallest absolute Gasteiger partial charge is 0.410 e. The largest absolute Gasteiger partial charge is 0.445 e. The van der Waals surface area contributed by atoms with Gasteiger partial charge in [-0.05, 0) is 18.9 Å². The second-order valence-corrected chi connectivity index (χ2v) is 4.14.